The highest BCUT2D eigenvalue weighted by Gasteiger charge is 2.35. The Kier molecular flexibility index (Phi) is 8.30. The molecule has 2 aromatic carbocycles. The summed E-state index contributed by atoms with van der Waals surface area (Å²) in [5, 5.41) is 3.37. The van der Waals surface area contributed by atoms with Crippen molar-refractivity contribution in [3.8, 4) is 0 Å². The first kappa shape index (κ1) is 30.1. The summed E-state index contributed by atoms with van der Waals surface area (Å²) < 4.78 is 26.8. The number of carbonyl (C=O) groups excluding carboxylic acids is 2. The van der Waals surface area contributed by atoms with Gasteiger partial charge in [-0.1, -0.05) is 29.3 Å². The summed E-state index contributed by atoms with van der Waals surface area (Å²) in [5.74, 6) is -0.609. The van der Waals surface area contributed by atoms with Gasteiger partial charge in [-0.3, -0.25) is 19.4 Å². The maximum absolute atomic E-state index is 13.9. The molecule has 0 saturated carbocycles. The topological polar surface area (TPSA) is 103 Å². The van der Waals surface area contributed by atoms with Crippen LogP contribution in [0.15, 0.2) is 41.3 Å². The van der Waals surface area contributed by atoms with Gasteiger partial charge in [0.1, 0.15) is 0 Å². The van der Waals surface area contributed by atoms with E-state index in [1.165, 1.54) is 25.0 Å². The number of hydrogen-bond donors (Lipinski definition) is 2. The van der Waals surface area contributed by atoms with Gasteiger partial charge in [0, 0.05) is 50.4 Å². The fourth-order valence-electron chi connectivity index (χ4n) is 6.52. The third kappa shape index (κ3) is 5.81. The van der Waals surface area contributed by atoms with Gasteiger partial charge < -0.3 is 10.3 Å². The third-order valence-corrected chi connectivity index (χ3v) is 11.1. The zero-order chi connectivity index (χ0) is 30.5. The highest BCUT2D eigenvalue weighted by molar-refractivity contribution is 7.90. The number of benzene rings is 2. The van der Waals surface area contributed by atoms with Crippen LogP contribution in [0.5, 0.6) is 0 Å². The fraction of sp³-hybridized carbons (Fsp3) is 0.375. The average molecular weight is 642 g/mol. The van der Waals surface area contributed by atoms with E-state index in [1.807, 2.05) is 13.8 Å². The molecule has 3 aliphatic rings. The number of sulfone groups is 1. The summed E-state index contributed by atoms with van der Waals surface area (Å²) in [7, 11) is -3.84. The molecular weight excluding hydrogens is 607 g/mol. The van der Waals surface area contributed by atoms with E-state index in [4.69, 9.17) is 23.2 Å². The van der Waals surface area contributed by atoms with E-state index in [9.17, 15) is 18.0 Å². The van der Waals surface area contributed by atoms with Crippen molar-refractivity contribution in [2.75, 3.05) is 31.6 Å². The van der Waals surface area contributed by atoms with Crippen LogP contribution in [0.2, 0.25) is 10.0 Å². The van der Waals surface area contributed by atoms with Crippen LogP contribution < -0.4 is 5.32 Å². The van der Waals surface area contributed by atoms with Crippen LogP contribution in [0, 0.1) is 13.8 Å². The van der Waals surface area contributed by atoms with Crippen molar-refractivity contribution in [3.63, 3.8) is 0 Å². The average Bonchev–Trinajstić information content (AvgIpc) is 3.75. The third-order valence-electron chi connectivity index (χ3n) is 8.79. The Hall–Kier alpha value is -2.95. The standard InChI is InChI=1S/C32H34Cl2N4O4S/c1-19-28(35-20(2)30(19)31(39)29-9-6-14-38(29)18-37-12-3-4-13-37)16-23-22-15-21(10-11-27(22)36-32(23)40)43(41,42)17-24-25(33)7-5-8-26(24)34/h5,7-8,10-11,15-16,29,35H,3-4,6,9,12-14,17-18H2,1-2H3,(H,36,40)/b23-16-. The Bertz CT molecular complexity index is 1740. The quantitative estimate of drug-likeness (QED) is 0.228. The van der Waals surface area contributed by atoms with Crippen molar-refractivity contribution in [1.29, 1.82) is 0 Å². The number of H-pyrrole nitrogens is 1. The van der Waals surface area contributed by atoms with Gasteiger partial charge in [-0.05, 0) is 94.6 Å². The monoisotopic (exact) mass is 640 g/mol. The van der Waals surface area contributed by atoms with E-state index in [0.29, 0.717) is 33.6 Å². The van der Waals surface area contributed by atoms with Crippen molar-refractivity contribution >= 4 is 62.1 Å². The van der Waals surface area contributed by atoms with E-state index < -0.39 is 9.84 Å². The molecule has 43 heavy (non-hydrogen) atoms. The van der Waals surface area contributed by atoms with Crippen LogP contribution in [-0.2, 0) is 20.4 Å². The number of anilines is 1. The van der Waals surface area contributed by atoms with Crippen LogP contribution in [0.3, 0.4) is 0 Å². The van der Waals surface area contributed by atoms with Gasteiger partial charge in [-0.2, -0.15) is 0 Å². The molecule has 2 saturated heterocycles. The molecule has 3 aromatic rings. The molecule has 2 fully saturated rings. The molecule has 0 radical (unpaired) electrons. The summed E-state index contributed by atoms with van der Waals surface area (Å²) >= 11 is 12.5. The molecule has 0 bridgehead atoms. The second kappa shape index (κ2) is 11.9. The maximum atomic E-state index is 13.9. The number of rotatable bonds is 8. The number of nitrogens with one attached hydrogen (secondary N) is 2. The van der Waals surface area contributed by atoms with Crippen LogP contribution in [-0.4, -0.2) is 67.2 Å². The molecule has 1 unspecified atom stereocenters. The van der Waals surface area contributed by atoms with E-state index >= 15 is 0 Å². The smallest absolute Gasteiger partial charge is 0.256 e. The van der Waals surface area contributed by atoms with E-state index in [-0.39, 0.29) is 38.4 Å². The molecule has 8 nitrogen and oxygen atoms in total. The molecule has 2 N–H and O–H groups in total. The first-order valence-electron chi connectivity index (χ1n) is 14.6. The molecule has 4 heterocycles. The van der Waals surface area contributed by atoms with E-state index in [2.05, 4.69) is 20.1 Å². The molecule has 0 spiro atoms. The zero-order valence-corrected chi connectivity index (χ0v) is 26.5. The van der Waals surface area contributed by atoms with Gasteiger partial charge in [0.05, 0.1) is 28.9 Å². The summed E-state index contributed by atoms with van der Waals surface area (Å²) in [6.07, 6.45) is 5.95. The molecular formula is C32H34Cl2N4O4S. The van der Waals surface area contributed by atoms with Gasteiger partial charge in [-0.25, -0.2) is 8.42 Å². The summed E-state index contributed by atoms with van der Waals surface area (Å²) in [5.41, 5.74) is 4.50. The minimum absolute atomic E-state index is 0.0548. The molecule has 3 aliphatic heterocycles. The first-order valence-corrected chi connectivity index (χ1v) is 17.0. The summed E-state index contributed by atoms with van der Waals surface area (Å²) in [6, 6.07) is 9.26. The maximum Gasteiger partial charge on any atom is 0.256 e. The van der Waals surface area contributed by atoms with Gasteiger partial charge in [0.2, 0.25) is 0 Å². The second-order valence-electron chi connectivity index (χ2n) is 11.6. The number of aryl methyl sites for hydroxylation is 1. The predicted molar refractivity (Wildman–Crippen MR) is 170 cm³/mol. The van der Waals surface area contributed by atoms with Crippen molar-refractivity contribution in [1.82, 2.24) is 14.8 Å². The largest absolute Gasteiger partial charge is 0.358 e. The Morgan fingerprint density at radius 1 is 1.05 bits per heavy atom. The minimum atomic E-state index is -3.84. The minimum Gasteiger partial charge on any atom is -0.358 e. The van der Waals surface area contributed by atoms with Gasteiger partial charge >= 0.3 is 0 Å². The molecule has 1 atom stereocenters. The van der Waals surface area contributed by atoms with Crippen LogP contribution in [0.1, 0.15) is 64.1 Å². The lowest BCUT2D eigenvalue weighted by Gasteiger charge is -2.28. The molecule has 6 rings (SSSR count). The number of nitrogens with zero attached hydrogens (tertiary/aromatic N) is 2. The predicted octanol–water partition coefficient (Wildman–Crippen LogP) is 6.11. The van der Waals surface area contributed by atoms with E-state index in [0.717, 1.165) is 50.4 Å². The molecule has 0 aliphatic carbocycles. The zero-order valence-electron chi connectivity index (χ0n) is 24.2. The lowest BCUT2D eigenvalue weighted by atomic mass is 9.97. The van der Waals surface area contributed by atoms with Gasteiger partial charge in [0.25, 0.3) is 5.91 Å². The number of carbonyl (C=O) groups is 2. The number of halogens is 2. The number of hydrogen-bond acceptors (Lipinski definition) is 6. The Balaban J connectivity index is 1.29. The Labute approximate surface area is 262 Å². The number of aromatic amines is 1. The number of Topliss-reactive ketones (excluding diaryl/α,β-unsaturated/α-hetero) is 1. The van der Waals surface area contributed by atoms with Crippen molar-refractivity contribution < 1.29 is 18.0 Å². The Morgan fingerprint density at radius 2 is 1.77 bits per heavy atom. The molecule has 1 amide bonds. The van der Waals surface area contributed by atoms with Crippen molar-refractivity contribution in [3.05, 3.63) is 80.1 Å². The number of aromatic nitrogens is 1. The summed E-state index contributed by atoms with van der Waals surface area (Å²) in [6.45, 7) is 7.67. The van der Waals surface area contributed by atoms with Crippen LogP contribution in [0.4, 0.5) is 5.69 Å². The lowest BCUT2D eigenvalue weighted by molar-refractivity contribution is -0.110. The normalized spacial score (nSPS) is 20.2. The Morgan fingerprint density at radius 3 is 2.49 bits per heavy atom. The molecule has 11 heteroatoms. The number of amides is 1. The number of likely N-dealkylation sites (tertiary alicyclic amines) is 2. The number of fused-ring (bicyclic) bond motifs is 1. The summed E-state index contributed by atoms with van der Waals surface area (Å²) in [4.78, 5) is 35.0. The van der Waals surface area contributed by atoms with Gasteiger partial charge in [0.15, 0.2) is 15.6 Å². The molecule has 226 valence electrons. The van der Waals surface area contributed by atoms with Crippen molar-refractivity contribution in [2.45, 2.75) is 56.2 Å². The number of ketones is 1. The fourth-order valence-corrected chi connectivity index (χ4v) is 8.64. The molecule has 1 aromatic heterocycles. The highest BCUT2D eigenvalue weighted by Crippen LogP contribution is 2.37. The SMILES string of the molecule is Cc1[nH]c(/C=C2\C(=O)Nc3ccc(S(=O)(=O)Cc4c(Cl)cccc4Cl)cc32)c(C)c1C(=O)C1CCCN1CN1CCCC1. The van der Waals surface area contributed by atoms with Gasteiger partial charge in [-0.15, -0.1) is 0 Å². The first-order chi connectivity index (χ1) is 20.5. The van der Waals surface area contributed by atoms with Crippen LogP contribution in [0.25, 0.3) is 11.6 Å². The second-order valence-corrected chi connectivity index (χ2v) is 14.4. The van der Waals surface area contributed by atoms with Crippen molar-refractivity contribution in [2.24, 2.45) is 0 Å². The van der Waals surface area contributed by atoms with E-state index in [1.54, 1.807) is 30.3 Å². The lowest BCUT2D eigenvalue weighted by Crippen LogP contribution is -2.43. The highest BCUT2D eigenvalue weighted by atomic mass is 35.5. The van der Waals surface area contributed by atoms with Crippen LogP contribution >= 0.6 is 23.2 Å².